The lowest BCUT2D eigenvalue weighted by atomic mass is 9.80. The van der Waals surface area contributed by atoms with Crippen LogP contribution in [0, 0.1) is 5.92 Å². The maximum atomic E-state index is 12.7. The summed E-state index contributed by atoms with van der Waals surface area (Å²) in [5.74, 6) is 0.668. The van der Waals surface area contributed by atoms with Gasteiger partial charge in [-0.2, -0.15) is 0 Å². The number of carbonyl (C=O) groups excluding carboxylic acids is 1. The molecule has 0 aliphatic heterocycles. The summed E-state index contributed by atoms with van der Waals surface area (Å²) in [6, 6.07) is 0. The van der Waals surface area contributed by atoms with Gasteiger partial charge in [0.25, 0.3) is 0 Å². The molecule has 0 aromatic carbocycles. The maximum absolute atomic E-state index is 12.7. The van der Waals surface area contributed by atoms with Gasteiger partial charge in [0.1, 0.15) is 5.70 Å². The van der Waals surface area contributed by atoms with Crippen LogP contribution in [0.1, 0.15) is 86.0 Å². The third-order valence-corrected chi connectivity index (χ3v) is 5.01. The van der Waals surface area contributed by atoms with E-state index in [0.717, 1.165) is 42.5 Å². The minimum absolute atomic E-state index is 0.109. The standard InChI is InChI=1S/C23H36N2O/c1-7-11-13-20(16-24-17(5)8-2)18(6)23(22(26)10-4)25-21(9-3)19-14-12-15-19/h13,16,19H,5,7-12,14-15H2,1-4,6H3/b20-13+,23-18+,24-16?,25-21?. The number of carbonyl (C=O) groups is 1. The van der Waals surface area contributed by atoms with E-state index in [4.69, 9.17) is 4.99 Å². The summed E-state index contributed by atoms with van der Waals surface area (Å²) < 4.78 is 0. The predicted molar refractivity (Wildman–Crippen MR) is 114 cm³/mol. The van der Waals surface area contributed by atoms with Gasteiger partial charge in [-0.25, -0.2) is 0 Å². The van der Waals surface area contributed by atoms with E-state index in [2.05, 4.69) is 31.5 Å². The summed E-state index contributed by atoms with van der Waals surface area (Å²) in [6.45, 7) is 14.2. The van der Waals surface area contributed by atoms with Gasteiger partial charge >= 0.3 is 0 Å². The quantitative estimate of drug-likeness (QED) is 0.233. The van der Waals surface area contributed by atoms with E-state index >= 15 is 0 Å². The van der Waals surface area contributed by atoms with Crippen LogP contribution in [0.3, 0.4) is 0 Å². The molecule has 3 nitrogen and oxygen atoms in total. The molecule has 144 valence electrons. The summed E-state index contributed by atoms with van der Waals surface area (Å²) >= 11 is 0. The van der Waals surface area contributed by atoms with Crippen molar-refractivity contribution >= 4 is 17.7 Å². The molecule has 1 rings (SSSR count). The second-order valence-electron chi connectivity index (χ2n) is 6.96. The smallest absolute Gasteiger partial charge is 0.181 e. The van der Waals surface area contributed by atoms with Gasteiger partial charge in [-0.1, -0.05) is 53.2 Å². The Hall–Kier alpha value is -1.77. The van der Waals surface area contributed by atoms with Crippen molar-refractivity contribution in [2.75, 3.05) is 0 Å². The number of Topliss-reactive ketones (excluding diaryl/α,β-unsaturated/α-hetero) is 1. The van der Waals surface area contributed by atoms with Gasteiger partial charge in [0, 0.05) is 24.0 Å². The van der Waals surface area contributed by atoms with E-state index in [0.29, 0.717) is 18.0 Å². The van der Waals surface area contributed by atoms with Crippen molar-refractivity contribution < 1.29 is 4.79 Å². The van der Waals surface area contributed by atoms with Crippen LogP contribution in [-0.4, -0.2) is 17.7 Å². The van der Waals surface area contributed by atoms with Gasteiger partial charge in [-0.15, -0.1) is 0 Å². The van der Waals surface area contributed by atoms with Crippen molar-refractivity contribution in [3.05, 3.63) is 35.2 Å². The molecule has 0 bridgehead atoms. The Morgan fingerprint density at radius 1 is 1.12 bits per heavy atom. The highest BCUT2D eigenvalue weighted by molar-refractivity contribution is 6.02. The Morgan fingerprint density at radius 3 is 2.27 bits per heavy atom. The highest BCUT2D eigenvalue weighted by Crippen LogP contribution is 2.30. The number of ketones is 1. The SMILES string of the molecule is C=C(CC)N=CC(=C\CCC)/C(C)=C(/N=C(CC)C1CCC1)C(=O)CC. The first-order valence-corrected chi connectivity index (χ1v) is 10.2. The number of nitrogens with zero attached hydrogens (tertiary/aromatic N) is 2. The Bertz CT molecular complexity index is 616. The minimum Gasteiger partial charge on any atom is -0.292 e. The first kappa shape index (κ1) is 22.3. The monoisotopic (exact) mass is 356 g/mol. The maximum Gasteiger partial charge on any atom is 0.181 e. The third kappa shape index (κ3) is 6.51. The average molecular weight is 357 g/mol. The molecule has 0 aromatic heterocycles. The van der Waals surface area contributed by atoms with Crippen LogP contribution in [0.15, 0.2) is 45.2 Å². The summed E-state index contributed by atoms with van der Waals surface area (Å²) in [6.07, 6.45) is 11.9. The van der Waals surface area contributed by atoms with Gasteiger partial charge in [0.2, 0.25) is 0 Å². The fourth-order valence-corrected chi connectivity index (χ4v) is 2.86. The lowest BCUT2D eigenvalue weighted by Gasteiger charge is -2.27. The Labute approximate surface area is 160 Å². The van der Waals surface area contributed by atoms with Gasteiger partial charge in [-0.3, -0.25) is 14.8 Å². The molecule has 1 fully saturated rings. The van der Waals surface area contributed by atoms with Crippen LogP contribution < -0.4 is 0 Å². The van der Waals surface area contributed by atoms with Gasteiger partial charge in [-0.05, 0) is 56.1 Å². The van der Waals surface area contributed by atoms with E-state index < -0.39 is 0 Å². The van der Waals surface area contributed by atoms with E-state index in [1.807, 2.05) is 27.0 Å². The number of hydrogen-bond acceptors (Lipinski definition) is 3. The fourth-order valence-electron chi connectivity index (χ4n) is 2.86. The van der Waals surface area contributed by atoms with Gasteiger partial charge in [0.05, 0.1) is 0 Å². The van der Waals surface area contributed by atoms with E-state index in [1.54, 1.807) is 0 Å². The summed E-state index contributed by atoms with van der Waals surface area (Å²) in [5, 5.41) is 0. The molecule has 0 radical (unpaired) electrons. The Morgan fingerprint density at radius 2 is 1.81 bits per heavy atom. The van der Waals surface area contributed by atoms with Crippen LogP contribution in [0.25, 0.3) is 0 Å². The van der Waals surface area contributed by atoms with Crippen LogP contribution in [0.5, 0.6) is 0 Å². The molecule has 0 saturated heterocycles. The Balaban J connectivity index is 3.35. The topological polar surface area (TPSA) is 41.8 Å². The second-order valence-corrected chi connectivity index (χ2v) is 6.96. The lowest BCUT2D eigenvalue weighted by molar-refractivity contribution is -0.115. The molecule has 0 unspecified atom stereocenters. The Kier molecular flexibility index (Phi) is 10.1. The summed E-state index contributed by atoms with van der Waals surface area (Å²) in [7, 11) is 0. The van der Waals surface area contributed by atoms with Gasteiger partial charge in [0.15, 0.2) is 5.78 Å². The number of hydrogen-bond donors (Lipinski definition) is 0. The molecule has 1 aliphatic rings. The van der Waals surface area contributed by atoms with E-state index in [9.17, 15) is 4.79 Å². The average Bonchev–Trinajstić information content (AvgIpc) is 2.61. The van der Waals surface area contributed by atoms with E-state index in [1.165, 1.54) is 25.0 Å². The van der Waals surface area contributed by atoms with Crippen molar-refractivity contribution in [2.45, 2.75) is 86.0 Å². The van der Waals surface area contributed by atoms with Crippen molar-refractivity contribution in [1.82, 2.24) is 0 Å². The molecule has 3 heteroatoms. The molecule has 26 heavy (non-hydrogen) atoms. The second kappa shape index (κ2) is 11.8. The number of aliphatic imine (C=N–C) groups is 2. The molecule has 0 amide bonds. The normalized spacial score (nSPS) is 17.3. The molecule has 0 N–H and O–H groups in total. The minimum atomic E-state index is 0.109. The van der Waals surface area contributed by atoms with Gasteiger partial charge < -0.3 is 0 Å². The molecule has 0 aromatic rings. The van der Waals surface area contributed by atoms with Crippen LogP contribution >= 0.6 is 0 Å². The molecule has 0 atom stereocenters. The van der Waals surface area contributed by atoms with E-state index in [-0.39, 0.29) is 5.78 Å². The summed E-state index contributed by atoms with van der Waals surface area (Å²) in [4.78, 5) is 22.0. The zero-order valence-electron chi connectivity index (χ0n) is 17.4. The molecular formula is C23H36N2O. The highest BCUT2D eigenvalue weighted by atomic mass is 16.1. The summed E-state index contributed by atoms with van der Waals surface area (Å²) in [5.41, 5.74) is 4.56. The number of rotatable bonds is 11. The molecule has 0 spiro atoms. The molecule has 1 aliphatic carbocycles. The predicted octanol–water partition coefficient (Wildman–Crippen LogP) is 6.61. The van der Waals surface area contributed by atoms with Crippen molar-refractivity contribution in [2.24, 2.45) is 15.9 Å². The third-order valence-electron chi connectivity index (χ3n) is 5.01. The first-order chi connectivity index (χ1) is 12.5. The molecule has 1 saturated carbocycles. The van der Waals surface area contributed by atoms with Crippen molar-refractivity contribution in [3.8, 4) is 0 Å². The zero-order chi connectivity index (χ0) is 19.5. The van der Waals surface area contributed by atoms with Crippen molar-refractivity contribution in [3.63, 3.8) is 0 Å². The van der Waals surface area contributed by atoms with Crippen LogP contribution in [0.4, 0.5) is 0 Å². The number of allylic oxidation sites excluding steroid dienone is 5. The fraction of sp³-hybridized carbons (Fsp3) is 0.609. The highest BCUT2D eigenvalue weighted by Gasteiger charge is 2.23. The largest absolute Gasteiger partial charge is 0.292 e. The first-order valence-electron chi connectivity index (χ1n) is 10.2. The number of unbranched alkanes of at least 4 members (excludes halogenated alkanes) is 1. The van der Waals surface area contributed by atoms with Crippen LogP contribution in [0.2, 0.25) is 0 Å². The lowest BCUT2D eigenvalue weighted by Crippen LogP contribution is -2.22. The van der Waals surface area contributed by atoms with Crippen molar-refractivity contribution in [1.29, 1.82) is 0 Å². The van der Waals surface area contributed by atoms with Crippen LogP contribution in [-0.2, 0) is 4.79 Å². The molecule has 0 heterocycles. The molecular weight excluding hydrogens is 320 g/mol. The zero-order valence-corrected chi connectivity index (χ0v) is 17.4.